The highest BCUT2D eigenvalue weighted by molar-refractivity contribution is 9.10. The second kappa shape index (κ2) is 10.7. The number of pyridine rings is 1. The van der Waals surface area contributed by atoms with Crippen LogP contribution in [0.2, 0.25) is 0 Å². The molecule has 7 heteroatoms. The van der Waals surface area contributed by atoms with Crippen molar-refractivity contribution in [2.24, 2.45) is 0 Å². The average molecular weight is 483 g/mol. The molecule has 1 heterocycles. The van der Waals surface area contributed by atoms with Crippen LogP contribution < -0.4 is 9.64 Å². The van der Waals surface area contributed by atoms with E-state index in [0.29, 0.717) is 46.8 Å². The number of hydrogen-bond donors (Lipinski definition) is 0. The van der Waals surface area contributed by atoms with Gasteiger partial charge in [0.1, 0.15) is 5.75 Å². The van der Waals surface area contributed by atoms with Gasteiger partial charge in [-0.25, -0.2) is 4.79 Å². The molecule has 0 aliphatic rings. The summed E-state index contributed by atoms with van der Waals surface area (Å²) >= 11 is 3.47. The number of aromatic nitrogens is 1. The van der Waals surface area contributed by atoms with Crippen molar-refractivity contribution in [1.29, 1.82) is 0 Å². The number of ether oxygens (including phenoxy) is 2. The molecule has 6 nitrogen and oxygen atoms in total. The van der Waals surface area contributed by atoms with E-state index < -0.39 is 5.97 Å². The van der Waals surface area contributed by atoms with Crippen LogP contribution in [0.15, 0.2) is 71.5 Å². The van der Waals surface area contributed by atoms with Crippen LogP contribution in [0.4, 0.5) is 5.69 Å². The molecule has 0 fully saturated rings. The summed E-state index contributed by atoms with van der Waals surface area (Å²) in [6.07, 6.45) is 3.41. The van der Waals surface area contributed by atoms with Crippen molar-refractivity contribution in [3.8, 4) is 5.75 Å². The van der Waals surface area contributed by atoms with Gasteiger partial charge in [0.05, 0.1) is 29.8 Å². The minimum absolute atomic E-state index is 0.184. The molecule has 0 aliphatic heterocycles. The third-order valence-electron chi connectivity index (χ3n) is 4.48. The molecule has 0 saturated heterocycles. The normalized spacial score (nSPS) is 10.4. The molecule has 0 saturated carbocycles. The Morgan fingerprint density at radius 1 is 1.00 bits per heavy atom. The van der Waals surface area contributed by atoms with Gasteiger partial charge in [-0.2, -0.15) is 0 Å². The molecule has 3 rings (SSSR count). The standard InChI is InChI=1S/C24H23BrN2O4/c1-3-30-22-12-9-19(14-21(22)25)23(28)27(16-17-6-5-13-26-15-17)20-10-7-18(8-11-20)24(29)31-4-2/h5-15H,3-4,16H2,1-2H3. The van der Waals surface area contributed by atoms with Crippen LogP contribution in [0.25, 0.3) is 0 Å². The highest BCUT2D eigenvalue weighted by Crippen LogP contribution is 2.28. The molecule has 0 unspecified atom stereocenters. The SMILES string of the molecule is CCOC(=O)c1ccc(N(Cc2cccnc2)C(=O)c2ccc(OCC)c(Br)c2)cc1. The molecule has 2 aromatic carbocycles. The number of esters is 1. The van der Waals surface area contributed by atoms with Crippen molar-refractivity contribution >= 4 is 33.5 Å². The quantitative estimate of drug-likeness (QED) is 0.409. The number of nitrogens with zero attached hydrogens (tertiary/aromatic N) is 2. The number of carbonyl (C=O) groups excluding carboxylic acids is 2. The minimum Gasteiger partial charge on any atom is -0.493 e. The van der Waals surface area contributed by atoms with E-state index in [1.807, 2.05) is 19.1 Å². The van der Waals surface area contributed by atoms with E-state index in [-0.39, 0.29) is 5.91 Å². The molecule has 0 spiro atoms. The molecule has 0 radical (unpaired) electrons. The van der Waals surface area contributed by atoms with Crippen molar-refractivity contribution in [2.75, 3.05) is 18.1 Å². The molecule has 0 atom stereocenters. The Morgan fingerprint density at radius 3 is 2.35 bits per heavy atom. The van der Waals surface area contributed by atoms with Crippen LogP contribution in [-0.2, 0) is 11.3 Å². The van der Waals surface area contributed by atoms with Gasteiger partial charge in [0, 0.05) is 23.6 Å². The number of hydrogen-bond acceptors (Lipinski definition) is 5. The molecule has 0 N–H and O–H groups in total. The van der Waals surface area contributed by atoms with Crippen LogP contribution in [-0.4, -0.2) is 30.1 Å². The zero-order chi connectivity index (χ0) is 22.2. The Kier molecular flexibility index (Phi) is 7.78. The maximum Gasteiger partial charge on any atom is 0.338 e. The van der Waals surface area contributed by atoms with Gasteiger partial charge in [0.2, 0.25) is 0 Å². The van der Waals surface area contributed by atoms with Crippen molar-refractivity contribution in [3.05, 3.63) is 88.2 Å². The molecule has 31 heavy (non-hydrogen) atoms. The van der Waals surface area contributed by atoms with Crippen molar-refractivity contribution in [1.82, 2.24) is 4.98 Å². The lowest BCUT2D eigenvalue weighted by molar-refractivity contribution is 0.0526. The summed E-state index contributed by atoms with van der Waals surface area (Å²) in [7, 11) is 0. The van der Waals surface area contributed by atoms with Crippen molar-refractivity contribution in [3.63, 3.8) is 0 Å². The Hall–Kier alpha value is -3.19. The Morgan fingerprint density at radius 2 is 1.74 bits per heavy atom. The van der Waals surface area contributed by atoms with Gasteiger partial charge in [0.25, 0.3) is 5.91 Å². The predicted octanol–water partition coefficient (Wildman–Crippen LogP) is 5.27. The summed E-state index contributed by atoms with van der Waals surface area (Å²) in [5.74, 6) is 0.0998. The van der Waals surface area contributed by atoms with Crippen LogP contribution in [0, 0.1) is 0 Å². The third kappa shape index (κ3) is 5.70. The van der Waals surface area contributed by atoms with Gasteiger partial charge in [-0.3, -0.25) is 9.78 Å². The van der Waals surface area contributed by atoms with Crippen LogP contribution in [0.3, 0.4) is 0 Å². The lowest BCUT2D eigenvalue weighted by Gasteiger charge is -2.23. The van der Waals surface area contributed by atoms with Crippen LogP contribution >= 0.6 is 15.9 Å². The van der Waals surface area contributed by atoms with Crippen molar-refractivity contribution < 1.29 is 19.1 Å². The first-order valence-electron chi connectivity index (χ1n) is 9.93. The largest absolute Gasteiger partial charge is 0.493 e. The number of halogens is 1. The molecule has 3 aromatic rings. The maximum atomic E-state index is 13.4. The molecular formula is C24H23BrN2O4. The lowest BCUT2D eigenvalue weighted by Crippen LogP contribution is -2.30. The fourth-order valence-corrected chi connectivity index (χ4v) is 3.50. The van der Waals surface area contributed by atoms with Crippen molar-refractivity contribution in [2.45, 2.75) is 20.4 Å². The Balaban J connectivity index is 1.93. The van der Waals surface area contributed by atoms with E-state index >= 15 is 0 Å². The predicted molar refractivity (Wildman–Crippen MR) is 122 cm³/mol. The first-order valence-corrected chi connectivity index (χ1v) is 10.7. The maximum absolute atomic E-state index is 13.4. The number of amides is 1. The third-order valence-corrected chi connectivity index (χ3v) is 5.10. The first kappa shape index (κ1) is 22.5. The van der Waals surface area contributed by atoms with E-state index in [4.69, 9.17) is 9.47 Å². The number of anilines is 1. The molecule has 0 aliphatic carbocycles. The number of rotatable bonds is 8. The van der Waals surface area contributed by atoms with Gasteiger partial charge in [-0.15, -0.1) is 0 Å². The molecule has 1 amide bonds. The molecular weight excluding hydrogens is 460 g/mol. The molecule has 160 valence electrons. The van der Waals surface area contributed by atoms with Gasteiger partial charge in [-0.1, -0.05) is 6.07 Å². The topological polar surface area (TPSA) is 68.7 Å². The Labute approximate surface area is 189 Å². The van der Waals surface area contributed by atoms with Crippen LogP contribution in [0.1, 0.15) is 40.1 Å². The van der Waals surface area contributed by atoms with Gasteiger partial charge >= 0.3 is 5.97 Å². The summed E-state index contributed by atoms with van der Waals surface area (Å²) in [5.41, 5.74) is 2.49. The average Bonchev–Trinajstić information content (AvgIpc) is 2.79. The zero-order valence-electron chi connectivity index (χ0n) is 17.4. The van der Waals surface area contributed by atoms with E-state index in [9.17, 15) is 9.59 Å². The monoisotopic (exact) mass is 482 g/mol. The van der Waals surface area contributed by atoms with E-state index in [1.54, 1.807) is 66.7 Å². The van der Waals surface area contributed by atoms with Gasteiger partial charge < -0.3 is 14.4 Å². The Bertz CT molecular complexity index is 1040. The second-order valence-corrected chi connectivity index (χ2v) is 7.45. The van der Waals surface area contributed by atoms with Gasteiger partial charge in [-0.05, 0) is 83.9 Å². The zero-order valence-corrected chi connectivity index (χ0v) is 19.0. The highest BCUT2D eigenvalue weighted by atomic mass is 79.9. The van der Waals surface area contributed by atoms with E-state index in [2.05, 4.69) is 20.9 Å². The fraction of sp³-hybridized carbons (Fsp3) is 0.208. The van der Waals surface area contributed by atoms with E-state index in [0.717, 1.165) is 5.56 Å². The lowest BCUT2D eigenvalue weighted by atomic mass is 10.1. The first-order chi connectivity index (χ1) is 15.0. The fourth-order valence-electron chi connectivity index (χ4n) is 3.01. The smallest absolute Gasteiger partial charge is 0.338 e. The molecule has 1 aromatic heterocycles. The second-order valence-electron chi connectivity index (χ2n) is 6.60. The summed E-state index contributed by atoms with van der Waals surface area (Å²) in [6.45, 7) is 4.83. The highest BCUT2D eigenvalue weighted by Gasteiger charge is 2.20. The number of benzene rings is 2. The van der Waals surface area contributed by atoms with Crippen LogP contribution in [0.5, 0.6) is 5.75 Å². The summed E-state index contributed by atoms with van der Waals surface area (Å²) in [5, 5.41) is 0. The molecule has 0 bridgehead atoms. The summed E-state index contributed by atoms with van der Waals surface area (Å²) in [4.78, 5) is 31.2. The van der Waals surface area contributed by atoms with Gasteiger partial charge in [0.15, 0.2) is 0 Å². The minimum atomic E-state index is -0.394. The summed E-state index contributed by atoms with van der Waals surface area (Å²) in [6, 6.07) is 15.8. The van der Waals surface area contributed by atoms with E-state index in [1.165, 1.54) is 0 Å². The summed E-state index contributed by atoms with van der Waals surface area (Å²) < 4.78 is 11.3. The number of carbonyl (C=O) groups is 2.